The molecule has 1 fully saturated rings. The molecule has 0 saturated carbocycles. The van der Waals surface area contributed by atoms with Crippen molar-refractivity contribution in [3.8, 4) is 0 Å². The van der Waals surface area contributed by atoms with Gasteiger partial charge in [0.05, 0.1) is 24.7 Å². The van der Waals surface area contributed by atoms with E-state index in [9.17, 15) is 14.8 Å². The number of carbonyl (C=O) groups excluding carboxylic acids is 1. The molecular formula is C14H25NO4. The van der Waals surface area contributed by atoms with E-state index < -0.39 is 6.10 Å². The molecule has 1 saturated heterocycles. The zero-order valence-corrected chi connectivity index (χ0v) is 11.7. The molecular weight excluding hydrogens is 246 g/mol. The number of hydrogen-bond acceptors (Lipinski definition) is 5. The van der Waals surface area contributed by atoms with Crippen molar-refractivity contribution in [2.24, 2.45) is 11.1 Å². The lowest BCUT2D eigenvalue weighted by molar-refractivity contribution is -0.144. The number of unbranched alkanes of at least 4 members (excludes halogenated alkanes) is 4. The largest absolute Gasteiger partial charge is 0.462 e. The van der Waals surface area contributed by atoms with Crippen molar-refractivity contribution >= 4 is 5.97 Å². The van der Waals surface area contributed by atoms with Crippen LogP contribution in [0.1, 0.15) is 58.3 Å². The predicted octanol–water partition coefficient (Wildman–Crippen LogP) is 2.80. The zero-order valence-electron chi connectivity index (χ0n) is 11.7. The second-order valence-corrected chi connectivity index (χ2v) is 5.48. The van der Waals surface area contributed by atoms with Crippen LogP contribution < -0.4 is 0 Å². The van der Waals surface area contributed by atoms with Crippen LogP contribution in [0.15, 0.2) is 5.18 Å². The molecule has 5 heteroatoms. The summed E-state index contributed by atoms with van der Waals surface area (Å²) >= 11 is 0. The van der Waals surface area contributed by atoms with Crippen molar-refractivity contribution in [2.75, 3.05) is 6.54 Å². The van der Waals surface area contributed by atoms with Gasteiger partial charge >= 0.3 is 5.97 Å². The van der Waals surface area contributed by atoms with Gasteiger partial charge in [-0.25, -0.2) is 0 Å². The van der Waals surface area contributed by atoms with Gasteiger partial charge in [-0.15, -0.1) is 0 Å². The molecule has 1 N–H and O–H groups in total. The van der Waals surface area contributed by atoms with Gasteiger partial charge in [-0.05, 0) is 32.6 Å². The smallest absolute Gasteiger partial charge is 0.309 e. The van der Waals surface area contributed by atoms with E-state index in [4.69, 9.17) is 4.74 Å². The second-order valence-electron chi connectivity index (χ2n) is 5.48. The number of hydrogen-bond donors (Lipinski definition) is 1. The third-order valence-corrected chi connectivity index (χ3v) is 3.61. The molecule has 0 radical (unpaired) electrons. The molecule has 1 aliphatic rings. The van der Waals surface area contributed by atoms with Crippen LogP contribution >= 0.6 is 0 Å². The highest BCUT2D eigenvalue weighted by molar-refractivity contribution is 5.74. The maximum absolute atomic E-state index is 11.4. The van der Waals surface area contributed by atoms with Crippen LogP contribution in [-0.4, -0.2) is 29.8 Å². The Morgan fingerprint density at radius 1 is 1.32 bits per heavy atom. The molecule has 0 aromatic carbocycles. The molecule has 0 spiro atoms. The second kappa shape index (κ2) is 9.02. The number of carbonyl (C=O) groups is 1. The molecule has 0 aliphatic carbocycles. The summed E-state index contributed by atoms with van der Waals surface area (Å²) in [5, 5.41) is 12.7. The lowest BCUT2D eigenvalue weighted by Crippen LogP contribution is -2.17. The van der Waals surface area contributed by atoms with Gasteiger partial charge in [0.1, 0.15) is 0 Å². The maximum atomic E-state index is 11.4. The van der Waals surface area contributed by atoms with Gasteiger partial charge in [-0.3, -0.25) is 4.79 Å². The minimum absolute atomic E-state index is 0.00358. The van der Waals surface area contributed by atoms with Gasteiger partial charge in [0.25, 0.3) is 0 Å². The van der Waals surface area contributed by atoms with E-state index in [0.29, 0.717) is 13.0 Å². The number of rotatable bonds is 10. The van der Waals surface area contributed by atoms with Crippen molar-refractivity contribution in [1.29, 1.82) is 0 Å². The first kappa shape index (κ1) is 16.1. The quantitative estimate of drug-likeness (QED) is 0.376. The Balaban J connectivity index is 2.00. The zero-order chi connectivity index (χ0) is 14.1. The van der Waals surface area contributed by atoms with Crippen LogP contribution in [0, 0.1) is 10.8 Å². The molecule has 110 valence electrons. The summed E-state index contributed by atoms with van der Waals surface area (Å²) in [6.07, 6.45) is 6.57. The number of esters is 1. The number of cyclic esters (lactones) is 1. The fourth-order valence-corrected chi connectivity index (χ4v) is 2.56. The lowest BCUT2D eigenvalue weighted by atomic mass is 9.95. The van der Waals surface area contributed by atoms with E-state index in [1.807, 2.05) is 6.92 Å². The van der Waals surface area contributed by atoms with Crippen molar-refractivity contribution in [3.63, 3.8) is 0 Å². The first-order valence-electron chi connectivity index (χ1n) is 7.31. The van der Waals surface area contributed by atoms with E-state index in [1.54, 1.807) is 0 Å². The molecule has 5 nitrogen and oxygen atoms in total. The summed E-state index contributed by atoms with van der Waals surface area (Å²) in [5.41, 5.74) is 0. The van der Waals surface area contributed by atoms with Gasteiger partial charge in [-0.2, -0.15) is 4.91 Å². The summed E-state index contributed by atoms with van der Waals surface area (Å²) in [6.45, 7) is 2.29. The lowest BCUT2D eigenvalue weighted by Gasteiger charge is -2.12. The number of ether oxygens (including phenoxy) is 1. The van der Waals surface area contributed by atoms with Gasteiger partial charge in [0.2, 0.25) is 0 Å². The molecule has 1 aliphatic heterocycles. The summed E-state index contributed by atoms with van der Waals surface area (Å²) < 4.78 is 5.07. The van der Waals surface area contributed by atoms with Gasteiger partial charge in [0, 0.05) is 0 Å². The Morgan fingerprint density at radius 2 is 2.00 bits per heavy atom. The third-order valence-electron chi connectivity index (χ3n) is 3.61. The minimum Gasteiger partial charge on any atom is -0.462 e. The Bertz CT molecular complexity index is 283. The van der Waals surface area contributed by atoms with Crippen LogP contribution in [0.4, 0.5) is 0 Å². The summed E-state index contributed by atoms with van der Waals surface area (Å²) in [4.78, 5) is 21.3. The van der Waals surface area contributed by atoms with E-state index in [-0.39, 0.29) is 18.0 Å². The first-order valence-corrected chi connectivity index (χ1v) is 7.31. The van der Waals surface area contributed by atoms with Crippen LogP contribution in [0.5, 0.6) is 0 Å². The standard InChI is InChI=1S/C14H25NO4/c1-11-9-12(14(17)19-11)10-13(16)7-5-3-2-4-6-8-15-18/h11-13,16H,2-10H2,1H3/t11-,12?,13?/m0/s1. The average Bonchev–Trinajstić information content (AvgIpc) is 2.66. The molecule has 1 heterocycles. The van der Waals surface area contributed by atoms with E-state index in [0.717, 1.165) is 44.9 Å². The van der Waals surface area contributed by atoms with E-state index in [1.165, 1.54) is 0 Å². The van der Waals surface area contributed by atoms with Crippen molar-refractivity contribution in [3.05, 3.63) is 4.91 Å². The molecule has 2 unspecified atom stereocenters. The van der Waals surface area contributed by atoms with Gasteiger partial charge < -0.3 is 9.84 Å². The van der Waals surface area contributed by atoms with E-state index >= 15 is 0 Å². The summed E-state index contributed by atoms with van der Waals surface area (Å²) in [5.74, 6) is -0.281. The highest BCUT2D eigenvalue weighted by Crippen LogP contribution is 2.26. The predicted molar refractivity (Wildman–Crippen MR) is 72.6 cm³/mol. The number of nitrogens with zero attached hydrogens (tertiary/aromatic N) is 1. The van der Waals surface area contributed by atoms with Crippen LogP contribution in [0.2, 0.25) is 0 Å². The number of aliphatic hydroxyl groups excluding tert-OH is 1. The maximum Gasteiger partial charge on any atom is 0.309 e. The van der Waals surface area contributed by atoms with Crippen LogP contribution in [-0.2, 0) is 9.53 Å². The highest BCUT2D eigenvalue weighted by Gasteiger charge is 2.32. The van der Waals surface area contributed by atoms with Crippen LogP contribution in [0.3, 0.4) is 0 Å². The average molecular weight is 271 g/mol. The monoisotopic (exact) mass is 271 g/mol. The molecule has 0 bridgehead atoms. The Labute approximate surface area is 114 Å². The van der Waals surface area contributed by atoms with Gasteiger partial charge in [-0.1, -0.05) is 30.9 Å². The topological polar surface area (TPSA) is 76.0 Å². The highest BCUT2D eigenvalue weighted by atomic mass is 16.5. The molecule has 3 atom stereocenters. The Morgan fingerprint density at radius 3 is 2.63 bits per heavy atom. The molecule has 0 aromatic rings. The minimum atomic E-state index is -0.403. The number of nitroso groups, excluding NO2 is 1. The van der Waals surface area contributed by atoms with Crippen LogP contribution in [0.25, 0.3) is 0 Å². The Kier molecular flexibility index (Phi) is 7.63. The van der Waals surface area contributed by atoms with Crippen molar-refractivity contribution < 1.29 is 14.6 Å². The van der Waals surface area contributed by atoms with E-state index in [2.05, 4.69) is 5.18 Å². The molecule has 0 amide bonds. The molecule has 19 heavy (non-hydrogen) atoms. The van der Waals surface area contributed by atoms with Crippen molar-refractivity contribution in [2.45, 2.75) is 70.5 Å². The normalized spacial score (nSPS) is 24.2. The molecule has 0 aromatic heterocycles. The first-order chi connectivity index (χ1) is 9.13. The fourth-order valence-electron chi connectivity index (χ4n) is 2.56. The SMILES string of the molecule is C[C@H]1CC(CC(O)CCCCCCCN=O)C(=O)O1. The molecule has 1 rings (SSSR count). The third kappa shape index (κ3) is 6.66. The van der Waals surface area contributed by atoms with Crippen molar-refractivity contribution in [1.82, 2.24) is 0 Å². The number of aliphatic hydroxyl groups is 1. The van der Waals surface area contributed by atoms with Gasteiger partial charge in [0.15, 0.2) is 0 Å². The fraction of sp³-hybridized carbons (Fsp3) is 0.929. The summed E-state index contributed by atoms with van der Waals surface area (Å²) in [6, 6.07) is 0. The summed E-state index contributed by atoms with van der Waals surface area (Å²) in [7, 11) is 0. The Hall–Kier alpha value is -0.970.